The highest BCUT2D eigenvalue weighted by molar-refractivity contribution is 5.33. The summed E-state index contributed by atoms with van der Waals surface area (Å²) in [5.74, 6) is 0.408. The zero-order valence-electron chi connectivity index (χ0n) is 11.3. The molecule has 0 spiro atoms. The molecule has 0 amide bonds. The summed E-state index contributed by atoms with van der Waals surface area (Å²) < 4.78 is 28.9. The van der Waals surface area contributed by atoms with Gasteiger partial charge in [0.2, 0.25) is 0 Å². The maximum Gasteiger partial charge on any atom is 0.387 e. The summed E-state index contributed by atoms with van der Waals surface area (Å²) in [5, 5.41) is 12.7. The van der Waals surface area contributed by atoms with Crippen molar-refractivity contribution in [1.29, 1.82) is 0 Å². The third-order valence-corrected chi connectivity index (χ3v) is 2.89. The van der Waals surface area contributed by atoms with E-state index in [1.807, 2.05) is 13.8 Å². The smallest absolute Gasteiger partial charge is 0.387 e. The first kappa shape index (κ1) is 15.9. The summed E-state index contributed by atoms with van der Waals surface area (Å²) in [4.78, 5) is 0. The number of ether oxygens (including phenoxy) is 1. The predicted molar refractivity (Wildman–Crippen MR) is 70.2 cm³/mol. The summed E-state index contributed by atoms with van der Waals surface area (Å²) >= 11 is 0. The molecule has 1 atom stereocenters. The standard InChI is InChI=1S/C14H21F2NO2/c1-10(2)12(18)7-8-17-9-11-5-3-4-6-13(11)19-14(15)16/h3-6,10,12,14,17-18H,7-9H2,1-2H3. The van der Waals surface area contributed by atoms with Gasteiger partial charge in [-0.2, -0.15) is 8.78 Å². The van der Waals surface area contributed by atoms with Crippen LogP contribution in [-0.4, -0.2) is 24.4 Å². The van der Waals surface area contributed by atoms with Gasteiger partial charge < -0.3 is 15.2 Å². The van der Waals surface area contributed by atoms with E-state index in [0.29, 0.717) is 25.1 Å². The highest BCUT2D eigenvalue weighted by atomic mass is 19.3. The number of benzene rings is 1. The zero-order chi connectivity index (χ0) is 14.3. The molecule has 0 saturated carbocycles. The van der Waals surface area contributed by atoms with E-state index in [4.69, 9.17) is 0 Å². The fraction of sp³-hybridized carbons (Fsp3) is 0.571. The summed E-state index contributed by atoms with van der Waals surface area (Å²) in [6, 6.07) is 6.69. The minimum atomic E-state index is -2.82. The lowest BCUT2D eigenvalue weighted by Gasteiger charge is -2.15. The van der Waals surface area contributed by atoms with Crippen molar-refractivity contribution >= 4 is 0 Å². The molecule has 0 saturated heterocycles. The van der Waals surface area contributed by atoms with Gasteiger partial charge in [0.25, 0.3) is 0 Å². The van der Waals surface area contributed by atoms with Crippen LogP contribution in [0.5, 0.6) is 5.75 Å². The van der Waals surface area contributed by atoms with Gasteiger partial charge >= 0.3 is 6.61 Å². The van der Waals surface area contributed by atoms with E-state index < -0.39 is 6.61 Å². The Morgan fingerprint density at radius 2 is 1.95 bits per heavy atom. The Hall–Kier alpha value is -1.20. The van der Waals surface area contributed by atoms with Crippen molar-refractivity contribution in [2.75, 3.05) is 6.54 Å². The molecule has 1 unspecified atom stereocenters. The summed E-state index contributed by atoms with van der Waals surface area (Å²) in [6.07, 6.45) is 0.287. The molecule has 0 bridgehead atoms. The van der Waals surface area contributed by atoms with Crippen molar-refractivity contribution in [3.05, 3.63) is 29.8 Å². The van der Waals surface area contributed by atoms with Gasteiger partial charge in [-0.15, -0.1) is 0 Å². The van der Waals surface area contributed by atoms with E-state index in [0.717, 1.165) is 0 Å². The van der Waals surface area contributed by atoms with Crippen molar-refractivity contribution < 1.29 is 18.6 Å². The van der Waals surface area contributed by atoms with Crippen LogP contribution in [0.15, 0.2) is 24.3 Å². The molecule has 0 aliphatic rings. The Balaban J connectivity index is 2.40. The molecule has 0 fully saturated rings. The Kier molecular flexibility index (Phi) is 6.73. The third-order valence-electron chi connectivity index (χ3n) is 2.89. The lowest BCUT2D eigenvalue weighted by molar-refractivity contribution is -0.0504. The first-order valence-electron chi connectivity index (χ1n) is 6.42. The van der Waals surface area contributed by atoms with Crippen LogP contribution >= 0.6 is 0 Å². The van der Waals surface area contributed by atoms with Crippen molar-refractivity contribution in [2.24, 2.45) is 5.92 Å². The largest absolute Gasteiger partial charge is 0.434 e. The highest BCUT2D eigenvalue weighted by Gasteiger charge is 2.10. The SMILES string of the molecule is CC(C)C(O)CCNCc1ccccc1OC(F)F. The Bertz CT molecular complexity index is 372. The quantitative estimate of drug-likeness (QED) is 0.716. The molecular formula is C14H21F2NO2. The number of halogens is 2. The lowest BCUT2D eigenvalue weighted by Crippen LogP contribution is -2.23. The molecule has 1 rings (SSSR count). The van der Waals surface area contributed by atoms with Crippen LogP contribution in [-0.2, 0) is 6.54 Å². The number of aliphatic hydroxyl groups is 1. The number of hydrogen-bond donors (Lipinski definition) is 2. The molecule has 0 aliphatic carbocycles. The first-order chi connectivity index (χ1) is 9.00. The van der Waals surface area contributed by atoms with Crippen LogP contribution in [0.4, 0.5) is 8.78 Å². The van der Waals surface area contributed by atoms with Gasteiger partial charge in [-0.05, 0) is 24.9 Å². The van der Waals surface area contributed by atoms with Gasteiger partial charge in [-0.25, -0.2) is 0 Å². The van der Waals surface area contributed by atoms with Gasteiger partial charge in [-0.1, -0.05) is 32.0 Å². The van der Waals surface area contributed by atoms with Crippen LogP contribution in [0, 0.1) is 5.92 Å². The molecule has 0 aliphatic heterocycles. The van der Waals surface area contributed by atoms with E-state index in [1.165, 1.54) is 6.07 Å². The van der Waals surface area contributed by atoms with Gasteiger partial charge in [0.05, 0.1) is 6.10 Å². The minimum Gasteiger partial charge on any atom is -0.434 e. The second-order valence-corrected chi connectivity index (χ2v) is 4.76. The second-order valence-electron chi connectivity index (χ2n) is 4.76. The topological polar surface area (TPSA) is 41.5 Å². The molecule has 0 heterocycles. The van der Waals surface area contributed by atoms with E-state index in [9.17, 15) is 13.9 Å². The first-order valence-corrected chi connectivity index (χ1v) is 6.42. The zero-order valence-corrected chi connectivity index (χ0v) is 11.3. The van der Waals surface area contributed by atoms with E-state index >= 15 is 0 Å². The second kappa shape index (κ2) is 8.07. The van der Waals surface area contributed by atoms with E-state index in [2.05, 4.69) is 10.1 Å². The molecule has 5 heteroatoms. The molecule has 2 N–H and O–H groups in total. The summed E-state index contributed by atoms with van der Waals surface area (Å²) in [7, 11) is 0. The van der Waals surface area contributed by atoms with Gasteiger partial charge in [0, 0.05) is 12.1 Å². The predicted octanol–water partition coefficient (Wildman–Crippen LogP) is 2.78. The van der Waals surface area contributed by atoms with Crippen LogP contribution in [0.1, 0.15) is 25.8 Å². The average molecular weight is 273 g/mol. The summed E-state index contributed by atoms with van der Waals surface area (Å²) in [5.41, 5.74) is 0.682. The highest BCUT2D eigenvalue weighted by Crippen LogP contribution is 2.19. The minimum absolute atomic E-state index is 0.189. The Morgan fingerprint density at radius 3 is 2.58 bits per heavy atom. The monoisotopic (exact) mass is 273 g/mol. The lowest BCUT2D eigenvalue weighted by atomic mass is 10.0. The number of nitrogens with one attached hydrogen (secondary N) is 1. The molecule has 0 aromatic heterocycles. The maximum absolute atomic E-state index is 12.2. The molecule has 3 nitrogen and oxygen atoms in total. The number of para-hydroxylation sites is 1. The Morgan fingerprint density at radius 1 is 1.26 bits per heavy atom. The Labute approximate surface area is 112 Å². The molecular weight excluding hydrogens is 252 g/mol. The molecule has 1 aromatic carbocycles. The van der Waals surface area contributed by atoms with Gasteiger partial charge in [-0.3, -0.25) is 0 Å². The third kappa shape index (κ3) is 5.98. The molecule has 0 radical (unpaired) electrons. The maximum atomic E-state index is 12.2. The van der Waals surface area contributed by atoms with E-state index in [-0.39, 0.29) is 17.8 Å². The molecule has 1 aromatic rings. The average Bonchev–Trinajstić information content (AvgIpc) is 2.35. The van der Waals surface area contributed by atoms with Crippen molar-refractivity contribution in [2.45, 2.75) is 39.5 Å². The van der Waals surface area contributed by atoms with Crippen LogP contribution in [0.3, 0.4) is 0 Å². The number of alkyl halides is 2. The normalized spacial score (nSPS) is 13.0. The van der Waals surface area contributed by atoms with Gasteiger partial charge in [0.1, 0.15) is 5.75 Å². The fourth-order valence-electron chi connectivity index (χ4n) is 1.67. The van der Waals surface area contributed by atoms with Crippen molar-refractivity contribution in [1.82, 2.24) is 5.32 Å². The van der Waals surface area contributed by atoms with Crippen molar-refractivity contribution in [3.8, 4) is 5.75 Å². The summed E-state index contributed by atoms with van der Waals surface area (Å²) in [6.45, 7) is 2.16. The van der Waals surface area contributed by atoms with Crippen LogP contribution in [0.2, 0.25) is 0 Å². The number of rotatable bonds is 8. The van der Waals surface area contributed by atoms with Gasteiger partial charge in [0.15, 0.2) is 0 Å². The van der Waals surface area contributed by atoms with Crippen LogP contribution in [0.25, 0.3) is 0 Å². The van der Waals surface area contributed by atoms with Crippen molar-refractivity contribution in [3.63, 3.8) is 0 Å². The fourth-order valence-corrected chi connectivity index (χ4v) is 1.67. The molecule has 19 heavy (non-hydrogen) atoms. The molecule has 108 valence electrons. The van der Waals surface area contributed by atoms with Crippen LogP contribution < -0.4 is 10.1 Å². The van der Waals surface area contributed by atoms with E-state index in [1.54, 1.807) is 18.2 Å². The number of aliphatic hydroxyl groups excluding tert-OH is 1. The number of hydrogen-bond acceptors (Lipinski definition) is 3.